The normalized spacial score (nSPS) is 13.5. The molecule has 0 radical (unpaired) electrons. The Morgan fingerprint density at radius 2 is 1.36 bits per heavy atom. The quantitative estimate of drug-likeness (QED) is 0.464. The summed E-state index contributed by atoms with van der Waals surface area (Å²) >= 11 is 0. The van der Waals surface area contributed by atoms with Gasteiger partial charge in [0.25, 0.3) is 0 Å². The Labute approximate surface area is 160 Å². The first-order valence-electron chi connectivity index (χ1n) is 8.78. The lowest BCUT2D eigenvalue weighted by Crippen LogP contribution is -2.28. The molecule has 0 saturated heterocycles. The molecule has 1 heterocycles. The molecule has 2 nitrogen and oxygen atoms in total. The lowest BCUT2D eigenvalue weighted by atomic mass is 9.91. The van der Waals surface area contributed by atoms with E-state index in [0.29, 0.717) is 5.56 Å². The summed E-state index contributed by atoms with van der Waals surface area (Å²) in [5, 5.41) is 9.39. The summed E-state index contributed by atoms with van der Waals surface area (Å²) in [7, 11) is 0. The zero-order chi connectivity index (χ0) is 20.6. The van der Waals surface area contributed by atoms with Gasteiger partial charge in [0.15, 0.2) is 11.5 Å². The third kappa shape index (κ3) is 3.09. The van der Waals surface area contributed by atoms with Gasteiger partial charge >= 0.3 is 6.11 Å². The van der Waals surface area contributed by atoms with Gasteiger partial charge in [-0.2, -0.15) is 13.2 Å². The number of phenols is 1. The van der Waals surface area contributed by atoms with Crippen LogP contribution in [0.3, 0.4) is 0 Å². The van der Waals surface area contributed by atoms with Crippen LogP contribution in [0.15, 0.2) is 48.5 Å². The highest BCUT2D eigenvalue weighted by atomic mass is 19.3. The summed E-state index contributed by atoms with van der Waals surface area (Å²) < 4.78 is 62.4. The van der Waals surface area contributed by atoms with Crippen LogP contribution in [0.2, 0.25) is 0 Å². The van der Waals surface area contributed by atoms with E-state index in [9.17, 15) is 18.3 Å². The Morgan fingerprint density at radius 3 is 2.00 bits per heavy atom. The molecular formula is C22H18F4O2. The molecule has 1 aliphatic rings. The summed E-state index contributed by atoms with van der Waals surface area (Å²) in [6.07, 6.45) is -4.08. The first-order chi connectivity index (χ1) is 13.3. The van der Waals surface area contributed by atoms with Crippen LogP contribution in [0.4, 0.5) is 17.6 Å². The van der Waals surface area contributed by atoms with Crippen LogP contribution in [0.25, 0.3) is 22.3 Å². The van der Waals surface area contributed by atoms with Crippen LogP contribution in [0.1, 0.15) is 25.0 Å². The minimum atomic E-state index is -4.08. The van der Waals surface area contributed by atoms with Gasteiger partial charge in [-0.05, 0) is 24.6 Å². The topological polar surface area (TPSA) is 29.5 Å². The lowest BCUT2D eigenvalue weighted by Gasteiger charge is -2.29. The smallest absolute Gasteiger partial charge is 0.430 e. The van der Waals surface area contributed by atoms with Crippen molar-refractivity contribution in [1.29, 1.82) is 0 Å². The van der Waals surface area contributed by atoms with Gasteiger partial charge in [-0.25, -0.2) is 4.39 Å². The van der Waals surface area contributed by atoms with Crippen LogP contribution in [0, 0.1) is 18.6 Å². The second-order valence-electron chi connectivity index (χ2n) is 6.11. The van der Waals surface area contributed by atoms with Crippen molar-refractivity contribution in [3.05, 3.63) is 71.3 Å². The van der Waals surface area contributed by atoms with Crippen molar-refractivity contribution in [3.63, 3.8) is 0 Å². The predicted octanol–water partition coefficient (Wildman–Crippen LogP) is 6.78. The molecule has 1 aliphatic heterocycles. The number of hydrogen-bond donors (Lipinski definition) is 1. The van der Waals surface area contributed by atoms with Gasteiger partial charge in [0.2, 0.25) is 5.82 Å². The molecule has 3 aromatic rings. The number of halogens is 4. The van der Waals surface area contributed by atoms with Gasteiger partial charge < -0.3 is 9.84 Å². The molecule has 1 N–H and O–H groups in total. The highest BCUT2D eigenvalue weighted by Crippen LogP contribution is 2.51. The zero-order valence-corrected chi connectivity index (χ0v) is 15.5. The number of alkyl halides is 2. The molecule has 3 aromatic carbocycles. The molecule has 146 valence electrons. The summed E-state index contributed by atoms with van der Waals surface area (Å²) in [4.78, 5) is 0. The number of aryl methyl sites for hydroxylation is 1. The lowest BCUT2D eigenvalue weighted by molar-refractivity contribution is -0.190. The molecular weight excluding hydrogens is 372 g/mol. The number of ether oxygens (including phenoxy) is 1. The Hall–Kier alpha value is -3.02. The van der Waals surface area contributed by atoms with Crippen molar-refractivity contribution in [3.8, 4) is 33.8 Å². The highest BCUT2D eigenvalue weighted by molar-refractivity contribution is 5.80. The van der Waals surface area contributed by atoms with Crippen LogP contribution in [-0.2, 0) is 6.11 Å². The SMILES string of the molecule is CC.Cc1ccc(-c2ccc3c(c2F)C(F)(F)Oc2c-3ccc(O)c2F)cc1. The van der Waals surface area contributed by atoms with Gasteiger partial charge in [0, 0.05) is 16.7 Å². The van der Waals surface area contributed by atoms with E-state index < -0.39 is 34.8 Å². The molecule has 28 heavy (non-hydrogen) atoms. The Morgan fingerprint density at radius 1 is 0.786 bits per heavy atom. The highest BCUT2D eigenvalue weighted by Gasteiger charge is 2.46. The van der Waals surface area contributed by atoms with Gasteiger partial charge in [-0.1, -0.05) is 55.8 Å². The molecule has 0 amide bonds. The van der Waals surface area contributed by atoms with E-state index in [4.69, 9.17) is 0 Å². The maximum atomic E-state index is 15.0. The molecule has 6 heteroatoms. The van der Waals surface area contributed by atoms with E-state index in [1.54, 1.807) is 24.3 Å². The Bertz CT molecular complexity index is 1030. The Kier molecular flexibility index (Phi) is 5.06. The van der Waals surface area contributed by atoms with Gasteiger partial charge in [-0.3, -0.25) is 0 Å². The average Bonchev–Trinajstić information content (AvgIpc) is 2.67. The summed E-state index contributed by atoms with van der Waals surface area (Å²) in [6, 6.07) is 11.7. The van der Waals surface area contributed by atoms with E-state index >= 15 is 4.39 Å². The van der Waals surface area contributed by atoms with E-state index in [1.165, 1.54) is 18.2 Å². The fraction of sp³-hybridized carbons (Fsp3) is 0.182. The minimum absolute atomic E-state index is 0.00488. The second kappa shape index (κ2) is 7.19. The molecule has 0 fully saturated rings. The van der Waals surface area contributed by atoms with Gasteiger partial charge in [0.1, 0.15) is 11.4 Å². The largest absolute Gasteiger partial charge is 0.505 e. The molecule has 0 unspecified atom stereocenters. The number of aromatic hydroxyl groups is 1. The van der Waals surface area contributed by atoms with Crippen molar-refractivity contribution in [2.24, 2.45) is 0 Å². The second-order valence-corrected chi connectivity index (χ2v) is 6.11. The third-order valence-corrected chi connectivity index (χ3v) is 4.39. The van der Waals surface area contributed by atoms with Crippen molar-refractivity contribution in [1.82, 2.24) is 0 Å². The fourth-order valence-electron chi connectivity index (χ4n) is 3.08. The molecule has 0 aromatic heterocycles. The zero-order valence-electron chi connectivity index (χ0n) is 15.5. The predicted molar refractivity (Wildman–Crippen MR) is 99.5 cm³/mol. The fourth-order valence-corrected chi connectivity index (χ4v) is 3.08. The number of benzene rings is 3. The Balaban J connectivity index is 0.00000109. The number of hydrogen-bond acceptors (Lipinski definition) is 2. The standard InChI is InChI=1S/C20H12F4O2.C2H6/c1-10-2-4-11(5-3-10)12-6-7-13-14-8-9-15(25)18(22)19(14)26-20(23,24)16(13)17(12)21;1-2/h2-9,25H,1H3;1-2H3. The summed E-state index contributed by atoms with van der Waals surface area (Å²) in [5.74, 6) is -4.06. The van der Waals surface area contributed by atoms with Crippen molar-refractivity contribution >= 4 is 0 Å². The molecule has 0 atom stereocenters. The first-order valence-corrected chi connectivity index (χ1v) is 8.78. The molecule has 0 bridgehead atoms. The summed E-state index contributed by atoms with van der Waals surface area (Å²) in [6.45, 7) is 5.86. The van der Waals surface area contributed by atoms with Gasteiger partial charge in [0.05, 0.1) is 0 Å². The van der Waals surface area contributed by atoms with Crippen LogP contribution >= 0.6 is 0 Å². The van der Waals surface area contributed by atoms with E-state index in [0.717, 1.165) is 11.6 Å². The van der Waals surface area contributed by atoms with Crippen molar-refractivity contribution in [2.45, 2.75) is 26.9 Å². The van der Waals surface area contributed by atoms with Crippen LogP contribution in [0.5, 0.6) is 11.5 Å². The van der Waals surface area contributed by atoms with E-state index in [-0.39, 0.29) is 16.7 Å². The molecule has 0 aliphatic carbocycles. The number of phenolic OH excluding ortho intramolecular Hbond substituents is 1. The summed E-state index contributed by atoms with van der Waals surface area (Å²) in [5.41, 5.74) is 0.210. The maximum absolute atomic E-state index is 15.0. The third-order valence-electron chi connectivity index (χ3n) is 4.39. The molecule has 4 rings (SSSR count). The van der Waals surface area contributed by atoms with Crippen LogP contribution < -0.4 is 4.74 Å². The van der Waals surface area contributed by atoms with E-state index in [2.05, 4.69) is 4.74 Å². The van der Waals surface area contributed by atoms with E-state index in [1.807, 2.05) is 20.8 Å². The average molecular weight is 390 g/mol. The first kappa shape index (κ1) is 19.7. The minimum Gasteiger partial charge on any atom is -0.505 e. The molecule has 0 spiro atoms. The van der Waals surface area contributed by atoms with Gasteiger partial charge in [-0.15, -0.1) is 0 Å². The number of fused-ring (bicyclic) bond motifs is 3. The van der Waals surface area contributed by atoms with Crippen molar-refractivity contribution < 1.29 is 27.4 Å². The monoisotopic (exact) mass is 390 g/mol. The molecule has 0 saturated carbocycles. The number of rotatable bonds is 1. The van der Waals surface area contributed by atoms with Crippen LogP contribution in [-0.4, -0.2) is 5.11 Å². The van der Waals surface area contributed by atoms with Crippen molar-refractivity contribution in [2.75, 3.05) is 0 Å². The maximum Gasteiger partial charge on any atom is 0.430 e.